The predicted octanol–water partition coefficient (Wildman–Crippen LogP) is 5.98. The summed E-state index contributed by atoms with van der Waals surface area (Å²) in [5.41, 5.74) is -2.29. The van der Waals surface area contributed by atoms with Crippen molar-refractivity contribution in [3.63, 3.8) is 0 Å². The highest BCUT2D eigenvalue weighted by atomic mass is 35.5. The maximum atomic E-state index is 14.2. The van der Waals surface area contributed by atoms with Crippen molar-refractivity contribution >= 4 is 39.0 Å². The van der Waals surface area contributed by atoms with Crippen molar-refractivity contribution in [3.05, 3.63) is 69.7 Å². The van der Waals surface area contributed by atoms with Crippen LogP contribution in [-0.2, 0) is 20.6 Å². The van der Waals surface area contributed by atoms with Crippen LogP contribution in [0.5, 0.6) is 0 Å². The van der Waals surface area contributed by atoms with Gasteiger partial charge in [0.25, 0.3) is 15.7 Å². The van der Waals surface area contributed by atoms with E-state index in [1.54, 1.807) is 30.3 Å². The van der Waals surface area contributed by atoms with Crippen molar-refractivity contribution in [1.29, 1.82) is 0 Å². The van der Waals surface area contributed by atoms with E-state index in [9.17, 15) is 21.6 Å². The third-order valence-electron chi connectivity index (χ3n) is 5.03. The van der Waals surface area contributed by atoms with E-state index in [4.69, 9.17) is 32.6 Å². The molecule has 2 aromatic carbocycles. The van der Waals surface area contributed by atoms with Crippen LogP contribution in [0.15, 0.2) is 53.7 Å². The molecule has 0 saturated carbocycles. The van der Waals surface area contributed by atoms with Crippen LogP contribution in [0.1, 0.15) is 36.3 Å². The number of rotatable bonds is 7. The standard InChI is InChI=1S/C20H18Cl2F3NO4S/c21-15-9-14(10-16(22)11-15)19(20(23,24)25)12-18(26-30-19)17(7-4-8-31(27,28)29)13-5-2-1-3-6-13/h1-3,5-6,9-11,17H,4,7-8,12H2,(H,27,28,29). The molecule has 3 rings (SSSR count). The third kappa shape index (κ3) is 5.52. The van der Waals surface area contributed by atoms with Gasteiger partial charge in [0.1, 0.15) is 0 Å². The Morgan fingerprint density at radius 1 is 1.13 bits per heavy atom. The lowest BCUT2D eigenvalue weighted by atomic mass is 9.81. The second kappa shape index (κ2) is 8.97. The van der Waals surface area contributed by atoms with E-state index in [1.807, 2.05) is 0 Å². The summed E-state index contributed by atoms with van der Waals surface area (Å²) in [6, 6.07) is 12.2. The Labute approximate surface area is 187 Å². The predicted molar refractivity (Wildman–Crippen MR) is 112 cm³/mol. The Balaban J connectivity index is 1.96. The Bertz CT molecular complexity index is 1060. The Hall–Kier alpha value is -1.81. The van der Waals surface area contributed by atoms with E-state index < -0.39 is 40.0 Å². The second-order valence-corrected chi connectivity index (χ2v) is 9.67. The zero-order valence-corrected chi connectivity index (χ0v) is 18.3. The molecule has 168 valence electrons. The lowest BCUT2D eigenvalue weighted by Crippen LogP contribution is -2.43. The van der Waals surface area contributed by atoms with E-state index in [0.717, 1.165) is 12.1 Å². The first-order valence-corrected chi connectivity index (χ1v) is 11.6. The van der Waals surface area contributed by atoms with E-state index in [-0.39, 0.29) is 34.2 Å². The molecule has 5 nitrogen and oxygen atoms in total. The molecule has 1 heterocycles. The summed E-state index contributed by atoms with van der Waals surface area (Å²) in [6.45, 7) is 0. The van der Waals surface area contributed by atoms with Gasteiger partial charge >= 0.3 is 6.18 Å². The maximum Gasteiger partial charge on any atom is 0.435 e. The first kappa shape index (κ1) is 23.8. The van der Waals surface area contributed by atoms with Gasteiger partial charge in [0.2, 0.25) is 0 Å². The molecule has 11 heteroatoms. The van der Waals surface area contributed by atoms with Gasteiger partial charge in [0.15, 0.2) is 0 Å². The molecule has 2 aromatic rings. The fourth-order valence-corrected chi connectivity index (χ4v) is 4.64. The minimum absolute atomic E-state index is 0.0240. The van der Waals surface area contributed by atoms with Crippen molar-refractivity contribution < 1.29 is 31.0 Å². The lowest BCUT2D eigenvalue weighted by molar-refractivity contribution is -0.275. The van der Waals surface area contributed by atoms with Gasteiger partial charge in [-0.3, -0.25) is 4.55 Å². The van der Waals surface area contributed by atoms with Gasteiger partial charge in [-0.25, -0.2) is 0 Å². The van der Waals surface area contributed by atoms with Crippen molar-refractivity contribution in [2.75, 3.05) is 5.75 Å². The number of benzene rings is 2. The molecule has 0 amide bonds. The monoisotopic (exact) mass is 495 g/mol. The van der Waals surface area contributed by atoms with Crippen LogP contribution in [-0.4, -0.2) is 30.6 Å². The van der Waals surface area contributed by atoms with Crippen molar-refractivity contribution in [2.24, 2.45) is 5.16 Å². The molecule has 0 fully saturated rings. The highest BCUT2D eigenvalue weighted by Crippen LogP contribution is 2.50. The zero-order chi connectivity index (χ0) is 22.9. The SMILES string of the molecule is O=S(=O)(O)CCCC(C1=NOC(c2cc(Cl)cc(Cl)c2)(C(F)(F)F)C1)c1ccccc1. The molecule has 0 bridgehead atoms. The second-order valence-electron chi connectivity index (χ2n) is 7.23. The average Bonchev–Trinajstić information content (AvgIpc) is 3.11. The van der Waals surface area contributed by atoms with Crippen LogP contribution >= 0.6 is 23.2 Å². The summed E-state index contributed by atoms with van der Waals surface area (Å²) in [4.78, 5) is 5.04. The van der Waals surface area contributed by atoms with Gasteiger partial charge in [-0.1, -0.05) is 58.7 Å². The number of oxime groups is 1. The van der Waals surface area contributed by atoms with Gasteiger partial charge in [-0.2, -0.15) is 21.6 Å². The molecule has 1 N–H and O–H groups in total. The van der Waals surface area contributed by atoms with E-state index >= 15 is 0 Å². The summed E-state index contributed by atoms with van der Waals surface area (Å²) in [5, 5.41) is 3.83. The number of halogens is 5. The quantitative estimate of drug-likeness (QED) is 0.479. The van der Waals surface area contributed by atoms with Gasteiger partial charge in [0, 0.05) is 27.9 Å². The summed E-state index contributed by atoms with van der Waals surface area (Å²) in [6.07, 6.45) is -5.27. The molecule has 31 heavy (non-hydrogen) atoms. The Kier molecular flexibility index (Phi) is 6.90. The maximum absolute atomic E-state index is 14.2. The molecule has 1 aliphatic rings. The number of hydrogen-bond acceptors (Lipinski definition) is 4. The number of hydrogen-bond donors (Lipinski definition) is 1. The molecule has 1 aliphatic heterocycles. The fourth-order valence-electron chi connectivity index (χ4n) is 3.58. The average molecular weight is 496 g/mol. The van der Waals surface area contributed by atoms with Gasteiger partial charge in [-0.05, 0) is 36.6 Å². The van der Waals surface area contributed by atoms with Crippen molar-refractivity contribution in [2.45, 2.75) is 37.0 Å². The zero-order valence-electron chi connectivity index (χ0n) is 15.9. The first-order valence-electron chi connectivity index (χ1n) is 9.20. The molecule has 2 atom stereocenters. The molecule has 0 aromatic heterocycles. The number of nitrogens with zero attached hydrogens (tertiary/aromatic N) is 1. The number of alkyl halides is 3. The van der Waals surface area contributed by atoms with E-state index in [1.165, 1.54) is 6.07 Å². The Morgan fingerprint density at radius 2 is 1.74 bits per heavy atom. The molecule has 0 spiro atoms. The largest absolute Gasteiger partial charge is 0.435 e. The summed E-state index contributed by atoms with van der Waals surface area (Å²) in [5.74, 6) is -1.15. The van der Waals surface area contributed by atoms with Gasteiger partial charge in [0.05, 0.1) is 11.5 Å². The molecule has 0 radical (unpaired) electrons. The highest BCUT2D eigenvalue weighted by Gasteiger charge is 2.62. The normalized spacial score (nSPS) is 20.3. The third-order valence-corrected chi connectivity index (χ3v) is 6.28. The van der Waals surface area contributed by atoms with Gasteiger partial charge in [-0.15, -0.1) is 0 Å². The smallest absolute Gasteiger partial charge is 0.374 e. The fraction of sp³-hybridized carbons (Fsp3) is 0.350. The summed E-state index contributed by atoms with van der Waals surface area (Å²) >= 11 is 11.8. The summed E-state index contributed by atoms with van der Waals surface area (Å²) in [7, 11) is -4.20. The van der Waals surface area contributed by atoms with E-state index in [2.05, 4.69) is 5.16 Å². The molecular formula is C20H18Cl2F3NO4S. The van der Waals surface area contributed by atoms with Gasteiger partial charge < -0.3 is 4.84 Å². The van der Waals surface area contributed by atoms with Crippen LogP contribution in [0.25, 0.3) is 0 Å². The lowest BCUT2D eigenvalue weighted by Gasteiger charge is -2.30. The topological polar surface area (TPSA) is 76.0 Å². The van der Waals surface area contributed by atoms with Crippen LogP contribution in [0.2, 0.25) is 10.0 Å². The molecule has 0 aliphatic carbocycles. The molecule has 0 saturated heterocycles. The summed E-state index contributed by atoms with van der Waals surface area (Å²) < 4.78 is 73.8. The molecule has 2 unspecified atom stereocenters. The van der Waals surface area contributed by atoms with Crippen LogP contribution < -0.4 is 0 Å². The van der Waals surface area contributed by atoms with Crippen LogP contribution in [0, 0.1) is 0 Å². The Morgan fingerprint density at radius 3 is 2.29 bits per heavy atom. The first-order chi connectivity index (χ1) is 14.4. The van der Waals surface area contributed by atoms with Crippen molar-refractivity contribution in [1.82, 2.24) is 0 Å². The molecular weight excluding hydrogens is 478 g/mol. The van der Waals surface area contributed by atoms with E-state index in [0.29, 0.717) is 5.56 Å². The highest BCUT2D eigenvalue weighted by molar-refractivity contribution is 7.85. The van der Waals surface area contributed by atoms with Crippen LogP contribution in [0.4, 0.5) is 13.2 Å². The minimum Gasteiger partial charge on any atom is -0.374 e. The minimum atomic E-state index is -4.83. The van der Waals surface area contributed by atoms with Crippen LogP contribution in [0.3, 0.4) is 0 Å². The van der Waals surface area contributed by atoms with Crippen molar-refractivity contribution in [3.8, 4) is 0 Å².